The van der Waals surface area contributed by atoms with Crippen molar-refractivity contribution in [3.63, 3.8) is 0 Å². The average Bonchev–Trinajstić information content (AvgIpc) is 2.45. The van der Waals surface area contributed by atoms with E-state index in [9.17, 15) is 4.79 Å². The molecule has 1 fully saturated rings. The van der Waals surface area contributed by atoms with E-state index in [2.05, 4.69) is 34.2 Å². The van der Waals surface area contributed by atoms with Gasteiger partial charge >= 0.3 is 0 Å². The second-order valence-corrected chi connectivity index (χ2v) is 7.01. The van der Waals surface area contributed by atoms with Gasteiger partial charge in [0, 0.05) is 16.6 Å². The zero-order chi connectivity index (χ0) is 14.9. The van der Waals surface area contributed by atoms with Gasteiger partial charge in [-0.3, -0.25) is 4.79 Å². The maximum atomic E-state index is 12.3. The van der Waals surface area contributed by atoms with Crippen molar-refractivity contribution in [1.29, 1.82) is 0 Å². The van der Waals surface area contributed by atoms with Crippen LogP contribution in [0.4, 0.5) is 0 Å². The Bertz CT molecular complexity index is 670. The summed E-state index contributed by atoms with van der Waals surface area (Å²) in [5.74, 6) is 0.0412. The number of amides is 1. The molecule has 2 nitrogen and oxygen atoms in total. The van der Waals surface area contributed by atoms with Gasteiger partial charge in [0.1, 0.15) is 0 Å². The molecule has 2 aromatic rings. The number of hydrogen-bond acceptors (Lipinski definition) is 1. The summed E-state index contributed by atoms with van der Waals surface area (Å²) in [6, 6.07) is 12.0. The van der Waals surface area contributed by atoms with Crippen molar-refractivity contribution in [3.8, 4) is 0 Å². The standard InChI is InChI=1S/C18H20BrNO/c1-2-18(8-3-9-18)12-20-17(21)15-5-4-14-11-16(19)7-6-13(14)10-15/h4-7,10-11H,2-3,8-9,12H2,1H3,(H,20,21). The summed E-state index contributed by atoms with van der Waals surface area (Å²) in [4.78, 5) is 12.3. The Morgan fingerprint density at radius 3 is 2.57 bits per heavy atom. The molecule has 21 heavy (non-hydrogen) atoms. The minimum atomic E-state index is 0.0412. The summed E-state index contributed by atoms with van der Waals surface area (Å²) in [5, 5.41) is 5.36. The highest BCUT2D eigenvalue weighted by Crippen LogP contribution is 2.43. The van der Waals surface area contributed by atoms with Crippen LogP contribution in [0.1, 0.15) is 43.0 Å². The predicted octanol–water partition coefficient (Wildman–Crippen LogP) is 4.91. The predicted molar refractivity (Wildman–Crippen MR) is 90.6 cm³/mol. The van der Waals surface area contributed by atoms with Crippen LogP contribution in [0.5, 0.6) is 0 Å². The first-order valence-corrected chi connectivity index (χ1v) is 8.39. The molecule has 0 spiro atoms. The van der Waals surface area contributed by atoms with Crippen LogP contribution in [0.3, 0.4) is 0 Å². The summed E-state index contributed by atoms with van der Waals surface area (Å²) < 4.78 is 1.06. The monoisotopic (exact) mass is 345 g/mol. The van der Waals surface area contributed by atoms with Crippen molar-refractivity contribution in [2.24, 2.45) is 5.41 Å². The van der Waals surface area contributed by atoms with Crippen molar-refractivity contribution < 1.29 is 4.79 Å². The molecule has 3 rings (SSSR count). The molecule has 1 aliphatic rings. The van der Waals surface area contributed by atoms with Gasteiger partial charge in [-0.15, -0.1) is 0 Å². The summed E-state index contributed by atoms with van der Waals surface area (Å²) in [5.41, 5.74) is 1.10. The molecule has 0 bridgehead atoms. The second-order valence-electron chi connectivity index (χ2n) is 6.10. The van der Waals surface area contributed by atoms with Crippen LogP contribution in [0.15, 0.2) is 40.9 Å². The molecule has 1 saturated carbocycles. The Labute approximate surface area is 134 Å². The Morgan fingerprint density at radius 2 is 1.90 bits per heavy atom. The number of rotatable bonds is 4. The van der Waals surface area contributed by atoms with Gasteiger partial charge in [-0.1, -0.05) is 41.4 Å². The molecule has 1 N–H and O–H groups in total. The van der Waals surface area contributed by atoms with Crippen molar-refractivity contribution >= 4 is 32.6 Å². The van der Waals surface area contributed by atoms with Crippen LogP contribution in [0.2, 0.25) is 0 Å². The van der Waals surface area contributed by atoms with E-state index >= 15 is 0 Å². The topological polar surface area (TPSA) is 29.1 Å². The molecular formula is C18H20BrNO. The molecule has 1 aliphatic carbocycles. The van der Waals surface area contributed by atoms with Gasteiger partial charge in [-0.2, -0.15) is 0 Å². The fourth-order valence-electron chi connectivity index (χ4n) is 3.06. The first-order chi connectivity index (χ1) is 10.1. The summed E-state index contributed by atoms with van der Waals surface area (Å²) in [6.45, 7) is 3.03. The van der Waals surface area contributed by atoms with E-state index in [-0.39, 0.29) is 5.91 Å². The van der Waals surface area contributed by atoms with E-state index in [4.69, 9.17) is 0 Å². The van der Waals surface area contributed by atoms with E-state index < -0.39 is 0 Å². The molecule has 0 saturated heterocycles. The maximum absolute atomic E-state index is 12.3. The zero-order valence-electron chi connectivity index (χ0n) is 12.3. The van der Waals surface area contributed by atoms with Gasteiger partial charge in [-0.25, -0.2) is 0 Å². The average molecular weight is 346 g/mol. The van der Waals surface area contributed by atoms with Crippen molar-refractivity contribution in [3.05, 3.63) is 46.4 Å². The third-order valence-corrected chi connectivity index (χ3v) is 5.35. The molecule has 110 valence electrons. The number of fused-ring (bicyclic) bond motifs is 1. The van der Waals surface area contributed by atoms with Crippen molar-refractivity contribution in [2.45, 2.75) is 32.6 Å². The van der Waals surface area contributed by atoms with E-state index in [1.807, 2.05) is 30.3 Å². The highest BCUT2D eigenvalue weighted by atomic mass is 79.9. The molecule has 0 radical (unpaired) electrons. The van der Waals surface area contributed by atoms with Crippen LogP contribution in [0, 0.1) is 5.41 Å². The van der Waals surface area contributed by atoms with E-state index in [0.29, 0.717) is 5.41 Å². The number of nitrogens with one attached hydrogen (secondary N) is 1. The molecule has 1 amide bonds. The van der Waals surface area contributed by atoms with Gasteiger partial charge in [0.25, 0.3) is 5.91 Å². The molecule has 0 unspecified atom stereocenters. The van der Waals surface area contributed by atoms with Crippen LogP contribution in [0.25, 0.3) is 10.8 Å². The first-order valence-electron chi connectivity index (χ1n) is 7.59. The minimum Gasteiger partial charge on any atom is -0.351 e. The van der Waals surface area contributed by atoms with Crippen LogP contribution >= 0.6 is 15.9 Å². The van der Waals surface area contributed by atoms with Crippen LogP contribution in [-0.2, 0) is 0 Å². The molecule has 3 heteroatoms. The summed E-state index contributed by atoms with van der Waals surface area (Å²) in [6.07, 6.45) is 4.94. The zero-order valence-corrected chi connectivity index (χ0v) is 13.9. The van der Waals surface area contributed by atoms with Gasteiger partial charge in [0.2, 0.25) is 0 Å². The fraction of sp³-hybridized carbons (Fsp3) is 0.389. The van der Waals surface area contributed by atoms with E-state index in [1.54, 1.807) is 0 Å². The van der Waals surface area contributed by atoms with Gasteiger partial charge in [0.05, 0.1) is 0 Å². The Kier molecular flexibility index (Phi) is 4.03. The number of benzene rings is 2. The van der Waals surface area contributed by atoms with Crippen molar-refractivity contribution in [1.82, 2.24) is 5.32 Å². The third kappa shape index (κ3) is 2.98. The van der Waals surface area contributed by atoms with Crippen LogP contribution < -0.4 is 5.32 Å². The molecular weight excluding hydrogens is 326 g/mol. The highest BCUT2D eigenvalue weighted by Gasteiger charge is 2.35. The largest absolute Gasteiger partial charge is 0.351 e. The molecule has 0 heterocycles. The summed E-state index contributed by atoms with van der Waals surface area (Å²) >= 11 is 3.47. The van der Waals surface area contributed by atoms with Gasteiger partial charge in [-0.05, 0) is 59.7 Å². The fourth-order valence-corrected chi connectivity index (χ4v) is 3.44. The SMILES string of the molecule is CCC1(CNC(=O)c2ccc3cc(Br)ccc3c2)CCC1. The molecule has 0 atom stereocenters. The molecule has 0 aromatic heterocycles. The lowest BCUT2D eigenvalue weighted by Crippen LogP contribution is -2.41. The lowest BCUT2D eigenvalue weighted by Gasteiger charge is -2.41. The number of carbonyl (C=O) groups is 1. The first kappa shape index (κ1) is 14.6. The lowest BCUT2D eigenvalue weighted by atomic mass is 9.67. The van der Waals surface area contributed by atoms with Crippen molar-refractivity contribution in [2.75, 3.05) is 6.54 Å². The van der Waals surface area contributed by atoms with E-state index in [1.165, 1.54) is 19.3 Å². The lowest BCUT2D eigenvalue weighted by molar-refractivity contribution is 0.0850. The molecule has 2 aromatic carbocycles. The number of carbonyl (C=O) groups excluding carboxylic acids is 1. The maximum Gasteiger partial charge on any atom is 0.251 e. The smallest absolute Gasteiger partial charge is 0.251 e. The number of hydrogen-bond donors (Lipinski definition) is 1. The van der Waals surface area contributed by atoms with Crippen LogP contribution in [-0.4, -0.2) is 12.5 Å². The quantitative estimate of drug-likeness (QED) is 0.837. The van der Waals surface area contributed by atoms with E-state index in [0.717, 1.165) is 33.8 Å². The summed E-state index contributed by atoms with van der Waals surface area (Å²) in [7, 11) is 0. The van der Waals surface area contributed by atoms with Gasteiger partial charge in [0.15, 0.2) is 0 Å². The third-order valence-electron chi connectivity index (χ3n) is 4.85. The molecule has 0 aliphatic heterocycles. The normalized spacial score (nSPS) is 16.5. The Balaban J connectivity index is 1.74. The Hall–Kier alpha value is -1.35. The minimum absolute atomic E-state index is 0.0412. The Morgan fingerprint density at radius 1 is 1.19 bits per heavy atom. The van der Waals surface area contributed by atoms with Gasteiger partial charge < -0.3 is 5.32 Å². The highest BCUT2D eigenvalue weighted by molar-refractivity contribution is 9.10. The second kappa shape index (κ2) is 5.80. The number of halogens is 1.